The Kier molecular flexibility index (Phi) is 5.42. The molecule has 0 aliphatic heterocycles. The van der Waals surface area contributed by atoms with Gasteiger partial charge in [0.2, 0.25) is 10.0 Å². The zero-order chi connectivity index (χ0) is 18.0. The molecule has 0 N–H and O–H groups in total. The maximum atomic E-state index is 13.7. The summed E-state index contributed by atoms with van der Waals surface area (Å²) in [5.74, 6) is -0.546. The van der Waals surface area contributed by atoms with Gasteiger partial charge in [-0.2, -0.15) is 4.31 Å². The second kappa shape index (κ2) is 7.00. The average Bonchev–Trinajstić information content (AvgIpc) is 2.57. The van der Waals surface area contributed by atoms with Crippen molar-refractivity contribution < 1.29 is 21.2 Å². The molecule has 0 unspecified atom stereocenters. The van der Waals surface area contributed by atoms with Gasteiger partial charge in [0, 0.05) is 19.2 Å². The Morgan fingerprint density at radius 3 is 2.00 bits per heavy atom. The Hall–Kier alpha value is -1.77. The number of nitrogens with zero attached hydrogens (tertiary/aromatic N) is 1. The molecular weight excluding hydrogens is 353 g/mol. The van der Waals surface area contributed by atoms with Crippen LogP contribution >= 0.6 is 0 Å². The normalized spacial score (nSPS) is 12.5. The quantitative estimate of drug-likeness (QED) is 0.782. The SMILES string of the molecule is CCS(=O)(=O)c1ccc(S(=O)(=O)N(C)Cc2ccccc2F)cc1. The molecule has 0 atom stereocenters. The van der Waals surface area contributed by atoms with E-state index in [1.165, 1.54) is 56.4 Å². The standard InChI is InChI=1S/C16H18FNO4S2/c1-3-23(19,20)14-8-10-15(11-9-14)24(21,22)18(2)12-13-6-4-5-7-16(13)17/h4-11H,3,12H2,1-2H3. The van der Waals surface area contributed by atoms with Gasteiger partial charge in [0.05, 0.1) is 15.5 Å². The van der Waals surface area contributed by atoms with E-state index >= 15 is 0 Å². The minimum atomic E-state index is -3.85. The first kappa shape index (κ1) is 18.6. The average molecular weight is 371 g/mol. The van der Waals surface area contributed by atoms with Gasteiger partial charge in [-0.05, 0) is 30.3 Å². The van der Waals surface area contributed by atoms with Crippen LogP contribution in [0, 0.1) is 5.82 Å². The van der Waals surface area contributed by atoms with Crippen LogP contribution < -0.4 is 0 Å². The van der Waals surface area contributed by atoms with Gasteiger partial charge >= 0.3 is 0 Å². The molecule has 0 bridgehead atoms. The second-order valence-corrected chi connectivity index (χ2v) is 9.55. The summed E-state index contributed by atoms with van der Waals surface area (Å²) in [5, 5.41) is 0. The third-order valence-corrected chi connectivity index (χ3v) is 7.19. The molecule has 2 aromatic carbocycles. The van der Waals surface area contributed by atoms with Crippen molar-refractivity contribution in [2.75, 3.05) is 12.8 Å². The fourth-order valence-corrected chi connectivity index (χ4v) is 4.15. The lowest BCUT2D eigenvalue weighted by Gasteiger charge is -2.18. The molecule has 0 spiro atoms. The van der Waals surface area contributed by atoms with Crippen molar-refractivity contribution in [2.24, 2.45) is 0 Å². The molecule has 0 aliphatic rings. The zero-order valence-corrected chi connectivity index (χ0v) is 14.9. The second-order valence-electron chi connectivity index (χ2n) is 5.23. The molecule has 2 aromatic rings. The number of hydrogen-bond acceptors (Lipinski definition) is 4. The van der Waals surface area contributed by atoms with Gasteiger partial charge in [0.1, 0.15) is 5.82 Å². The van der Waals surface area contributed by atoms with E-state index in [-0.39, 0.29) is 27.7 Å². The molecule has 0 aromatic heterocycles. The Labute approximate surface area is 141 Å². The minimum absolute atomic E-state index is 0.0450. The summed E-state index contributed by atoms with van der Waals surface area (Å²) in [5.41, 5.74) is 0.258. The van der Waals surface area contributed by atoms with Gasteiger partial charge in [-0.15, -0.1) is 0 Å². The summed E-state index contributed by atoms with van der Waals surface area (Å²) >= 11 is 0. The van der Waals surface area contributed by atoms with Crippen LogP contribution in [0.5, 0.6) is 0 Å². The van der Waals surface area contributed by atoms with Gasteiger partial charge in [-0.1, -0.05) is 25.1 Å². The molecule has 0 amide bonds. The van der Waals surface area contributed by atoms with E-state index in [2.05, 4.69) is 0 Å². The molecular formula is C16H18FNO4S2. The van der Waals surface area contributed by atoms with E-state index < -0.39 is 25.7 Å². The summed E-state index contributed by atoms with van der Waals surface area (Å²) in [6.07, 6.45) is 0. The van der Waals surface area contributed by atoms with Crippen molar-refractivity contribution in [1.82, 2.24) is 4.31 Å². The number of halogens is 1. The molecule has 130 valence electrons. The Morgan fingerprint density at radius 1 is 0.917 bits per heavy atom. The monoisotopic (exact) mass is 371 g/mol. The molecule has 0 aliphatic carbocycles. The number of rotatable bonds is 6. The zero-order valence-electron chi connectivity index (χ0n) is 13.3. The lowest BCUT2D eigenvalue weighted by Crippen LogP contribution is -2.27. The number of benzene rings is 2. The smallest absolute Gasteiger partial charge is 0.224 e. The molecule has 0 heterocycles. The van der Waals surface area contributed by atoms with Crippen molar-refractivity contribution in [3.8, 4) is 0 Å². The van der Waals surface area contributed by atoms with Gasteiger partial charge in [-0.25, -0.2) is 21.2 Å². The maximum Gasteiger partial charge on any atom is 0.243 e. The topological polar surface area (TPSA) is 71.5 Å². The highest BCUT2D eigenvalue weighted by Gasteiger charge is 2.22. The van der Waals surface area contributed by atoms with Gasteiger partial charge in [0.15, 0.2) is 9.84 Å². The van der Waals surface area contributed by atoms with Crippen LogP contribution in [0.3, 0.4) is 0 Å². The van der Waals surface area contributed by atoms with E-state index in [1.807, 2.05) is 0 Å². The molecule has 2 rings (SSSR count). The largest absolute Gasteiger partial charge is 0.243 e. The van der Waals surface area contributed by atoms with Crippen LogP contribution in [-0.4, -0.2) is 33.9 Å². The first-order valence-corrected chi connectivity index (χ1v) is 10.3. The number of sulfonamides is 1. The third-order valence-electron chi connectivity index (χ3n) is 3.62. The van der Waals surface area contributed by atoms with Crippen molar-refractivity contribution in [2.45, 2.75) is 23.3 Å². The molecule has 24 heavy (non-hydrogen) atoms. The Morgan fingerprint density at radius 2 is 1.46 bits per heavy atom. The fraction of sp³-hybridized carbons (Fsp3) is 0.250. The van der Waals surface area contributed by atoms with Gasteiger partial charge < -0.3 is 0 Å². The van der Waals surface area contributed by atoms with E-state index in [9.17, 15) is 21.2 Å². The van der Waals surface area contributed by atoms with Crippen LogP contribution in [0.15, 0.2) is 58.3 Å². The molecule has 0 radical (unpaired) electrons. The van der Waals surface area contributed by atoms with Gasteiger partial charge in [-0.3, -0.25) is 0 Å². The highest BCUT2D eigenvalue weighted by atomic mass is 32.2. The Bertz CT molecular complexity index is 923. The highest BCUT2D eigenvalue weighted by Crippen LogP contribution is 2.20. The summed E-state index contributed by atoms with van der Waals surface area (Å²) in [7, 11) is -5.90. The number of sulfone groups is 1. The number of hydrogen-bond donors (Lipinski definition) is 0. The lowest BCUT2D eigenvalue weighted by atomic mass is 10.2. The third kappa shape index (κ3) is 3.82. The maximum absolute atomic E-state index is 13.7. The van der Waals surface area contributed by atoms with Crippen LogP contribution in [0.25, 0.3) is 0 Å². The van der Waals surface area contributed by atoms with E-state index in [4.69, 9.17) is 0 Å². The minimum Gasteiger partial charge on any atom is -0.224 e. The van der Waals surface area contributed by atoms with Gasteiger partial charge in [0.25, 0.3) is 0 Å². The van der Waals surface area contributed by atoms with Crippen LogP contribution in [0.4, 0.5) is 4.39 Å². The van der Waals surface area contributed by atoms with Crippen molar-refractivity contribution in [3.05, 3.63) is 59.9 Å². The summed E-state index contributed by atoms with van der Waals surface area (Å²) < 4.78 is 63.3. The predicted molar refractivity (Wildman–Crippen MR) is 89.2 cm³/mol. The molecule has 8 heteroatoms. The summed E-state index contributed by atoms with van der Waals surface area (Å²) in [4.78, 5) is 0.0251. The summed E-state index contributed by atoms with van der Waals surface area (Å²) in [6.45, 7) is 1.40. The molecule has 0 saturated heterocycles. The fourth-order valence-electron chi connectivity index (χ4n) is 2.12. The van der Waals surface area contributed by atoms with Crippen molar-refractivity contribution in [1.29, 1.82) is 0 Å². The first-order chi connectivity index (χ1) is 11.2. The van der Waals surface area contributed by atoms with E-state index in [1.54, 1.807) is 6.07 Å². The molecule has 0 saturated carbocycles. The first-order valence-electron chi connectivity index (χ1n) is 7.21. The highest BCUT2D eigenvalue weighted by molar-refractivity contribution is 7.91. The molecule has 5 nitrogen and oxygen atoms in total. The van der Waals surface area contributed by atoms with E-state index in [0.29, 0.717) is 0 Å². The lowest BCUT2D eigenvalue weighted by molar-refractivity contribution is 0.456. The molecule has 0 fully saturated rings. The van der Waals surface area contributed by atoms with Crippen molar-refractivity contribution >= 4 is 19.9 Å². The van der Waals surface area contributed by atoms with E-state index in [0.717, 1.165) is 4.31 Å². The van der Waals surface area contributed by atoms with Crippen LogP contribution in [0.1, 0.15) is 12.5 Å². The summed E-state index contributed by atoms with van der Waals surface area (Å²) in [6, 6.07) is 11.0. The predicted octanol–water partition coefficient (Wildman–Crippen LogP) is 2.44. The van der Waals surface area contributed by atoms with Crippen molar-refractivity contribution in [3.63, 3.8) is 0 Å². The van der Waals surface area contributed by atoms with Crippen LogP contribution in [-0.2, 0) is 26.4 Å². The van der Waals surface area contributed by atoms with Crippen LogP contribution in [0.2, 0.25) is 0 Å². The Balaban J connectivity index is 2.28.